The molecule has 0 amide bonds. The topological polar surface area (TPSA) is 52.6 Å². The average molecular weight is 268 g/mol. The minimum Gasteiger partial charge on any atom is -0.423 e. The van der Waals surface area contributed by atoms with Crippen LogP contribution in [0, 0.1) is 0 Å². The van der Waals surface area contributed by atoms with Crippen molar-refractivity contribution in [1.29, 1.82) is 0 Å². The molecule has 0 bridgehead atoms. The molecule has 1 aliphatic rings. The number of carbonyl (C=O) groups is 2. The van der Waals surface area contributed by atoms with Crippen LogP contribution in [0.15, 0.2) is 36.4 Å². The summed E-state index contributed by atoms with van der Waals surface area (Å²) in [6, 6.07) is 11.3. The van der Waals surface area contributed by atoms with Gasteiger partial charge in [0.05, 0.1) is 0 Å². The largest absolute Gasteiger partial charge is 0.423 e. The van der Waals surface area contributed by atoms with Crippen LogP contribution in [0.2, 0.25) is 0 Å². The highest BCUT2D eigenvalue weighted by atomic mass is 16.6. The van der Waals surface area contributed by atoms with Gasteiger partial charge in [0.25, 0.3) is 0 Å². The molecule has 0 aromatic heterocycles. The number of ether oxygens (including phenoxy) is 2. The summed E-state index contributed by atoms with van der Waals surface area (Å²) in [5, 5.41) is 0. The number of rotatable bonds is 2. The molecule has 3 rings (SSSR count). The summed E-state index contributed by atoms with van der Waals surface area (Å²) >= 11 is 0. The molecule has 1 aliphatic carbocycles. The molecule has 0 heterocycles. The van der Waals surface area contributed by atoms with Gasteiger partial charge in [-0.2, -0.15) is 0 Å². The van der Waals surface area contributed by atoms with Crippen LogP contribution in [0.5, 0.6) is 11.5 Å². The summed E-state index contributed by atoms with van der Waals surface area (Å²) in [6.07, 6.45) is 0. The highest BCUT2D eigenvalue weighted by molar-refractivity contribution is 6.06. The molecule has 0 atom stereocenters. The van der Waals surface area contributed by atoms with Gasteiger partial charge in [0.2, 0.25) is 0 Å². The Morgan fingerprint density at radius 3 is 2.10 bits per heavy atom. The Labute approximate surface area is 115 Å². The van der Waals surface area contributed by atoms with Gasteiger partial charge in [0.15, 0.2) is 11.5 Å². The molecular formula is C16H12O4. The smallest absolute Gasteiger partial charge is 0.308 e. The first-order valence-corrected chi connectivity index (χ1v) is 6.21. The van der Waals surface area contributed by atoms with Gasteiger partial charge in [-0.1, -0.05) is 24.3 Å². The zero-order valence-electron chi connectivity index (χ0n) is 11.1. The van der Waals surface area contributed by atoms with Gasteiger partial charge >= 0.3 is 11.9 Å². The number of hydrogen-bond donors (Lipinski definition) is 0. The van der Waals surface area contributed by atoms with Crippen molar-refractivity contribution in [2.75, 3.05) is 0 Å². The molecule has 20 heavy (non-hydrogen) atoms. The molecule has 0 spiro atoms. The standard InChI is InChI=1S/C16H12O4/c1-9(17)19-14-8-7-13-11-5-3-4-6-12(11)15(13)16(14)20-10(2)18/h3-8H,1-2H3. The molecule has 100 valence electrons. The minimum atomic E-state index is -0.453. The zero-order chi connectivity index (χ0) is 14.3. The van der Waals surface area contributed by atoms with Crippen molar-refractivity contribution in [1.82, 2.24) is 0 Å². The first kappa shape index (κ1) is 12.4. The van der Waals surface area contributed by atoms with Gasteiger partial charge < -0.3 is 9.47 Å². The third-order valence-electron chi connectivity index (χ3n) is 3.11. The van der Waals surface area contributed by atoms with E-state index in [0.29, 0.717) is 5.75 Å². The molecule has 0 saturated carbocycles. The fourth-order valence-electron chi connectivity index (χ4n) is 2.41. The maximum absolute atomic E-state index is 11.3. The van der Waals surface area contributed by atoms with E-state index in [4.69, 9.17) is 9.47 Å². The lowest BCUT2D eigenvalue weighted by atomic mass is 9.80. The molecule has 0 aliphatic heterocycles. The van der Waals surface area contributed by atoms with Gasteiger partial charge in [0, 0.05) is 19.4 Å². The van der Waals surface area contributed by atoms with E-state index < -0.39 is 11.9 Å². The van der Waals surface area contributed by atoms with E-state index in [1.165, 1.54) is 13.8 Å². The van der Waals surface area contributed by atoms with Crippen LogP contribution in [-0.2, 0) is 9.59 Å². The minimum absolute atomic E-state index is 0.265. The predicted molar refractivity (Wildman–Crippen MR) is 73.5 cm³/mol. The van der Waals surface area contributed by atoms with Crippen LogP contribution in [-0.4, -0.2) is 11.9 Å². The van der Waals surface area contributed by atoms with Gasteiger partial charge in [0.1, 0.15) is 0 Å². The molecular weight excluding hydrogens is 256 g/mol. The van der Waals surface area contributed by atoms with Crippen molar-refractivity contribution in [3.8, 4) is 33.8 Å². The Morgan fingerprint density at radius 2 is 1.45 bits per heavy atom. The number of benzene rings is 2. The van der Waals surface area contributed by atoms with Crippen molar-refractivity contribution >= 4 is 11.9 Å². The lowest BCUT2D eigenvalue weighted by molar-refractivity contribution is -0.134. The third kappa shape index (κ3) is 1.86. The van der Waals surface area contributed by atoms with Crippen LogP contribution in [0.25, 0.3) is 22.3 Å². The highest BCUT2D eigenvalue weighted by Gasteiger charge is 2.29. The maximum Gasteiger partial charge on any atom is 0.308 e. The Hall–Kier alpha value is -2.62. The molecule has 0 unspecified atom stereocenters. The molecule has 4 nitrogen and oxygen atoms in total. The van der Waals surface area contributed by atoms with Crippen molar-refractivity contribution in [3.63, 3.8) is 0 Å². The van der Waals surface area contributed by atoms with Crippen LogP contribution in [0.1, 0.15) is 13.8 Å². The molecule has 2 aromatic rings. The fourth-order valence-corrected chi connectivity index (χ4v) is 2.41. The molecule has 0 N–H and O–H groups in total. The summed E-state index contributed by atoms with van der Waals surface area (Å²) < 4.78 is 10.4. The van der Waals surface area contributed by atoms with Crippen LogP contribution in [0.3, 0.4) is 0 Å². The monoisotopic (exact) mass is 268 g/mol. The van der Waals surface area contributed by atoms with Crippen molar-refractivity contribution < 1.29 is 19.1 Å². The van der Waals surface area contributed by atoms with Crippen LogP contribution >= 0.6 is 0 Å². The van der Waals surface area contributed by atoms with E-state index in [1.54, 1.807) is 6.07 Å². The molecule has 0 fully saturated rings. The van der Waals surface area contributed by atoms with E-state index >= 15 is 0 Å². The van der Waals surface area contributed by atoms with Gasteiger partial charge in [-0.25, -0.2) is 0 Å². The Kier molecular flexibility index (Phi) is 2.79. The van der Waals surface area contributed by atoms with Crippen LogP contribution in [0.4, 0.5) is 0 Å². The second kappa shape index (κ2) is 4.49. The Morgan fingerprint density at radius 1 is 0.800 bits per heavy atom. The number of esters is 2. The van der Waals surface area contributed by atoms with E-state index in [-0.39, 0.29) is 5.75 Å². The summed E-state index contributed by atoms with van der Waals surface area (Å²) in [6.45, 7) is 2.63. The van der Waals surface area contributed by atoms with Crippen molar-refractivity contribution in [2.24, 2.45) is 0 Å². The Bertz CT molecular complexity index is 731. The normalized spacial score (nSPS) is 10.9. The van der Waals surface area contributed by atoms with Crippen LogP contribution < -0.4 is 9.47 Å². The van der Waals surface area contributed by atoms with Gasteiger partial charge in [-0.05, 0) is 28.8 Å². The SMILES string of the molecule is CC(=O)Oc1ccc2c(c1OC(C)=O)-c1ccccc1-2. The molecule has 0 saturated heterocycles. The third-order valence-corrected chi connectivity index (χ3v) is 3.11. The molecule has 0 radical (unpaired) electrons. The molecule has 4 heteroatoms. The van der Waals surface area contributed by atoms with Gasteiger partial charge in [-0.3, -0.25) is 9.59 Å². The fraction of sp³-hybridized carbons (Fsp3) is 0.125. The van der Waals surface area contributed by atoms with Crippen molar-refractivity contribution in [2.45, 2.75) is 13.8 Å². The zero-order valence-corrected chi connectivity index (χ0v) is 11.1. The second-order valence-electron chi connectivity index (χ2n) is 4.55. The number of carbonyl (C=O) groups excluding carboxylic acids is 2. The van der Waals surface area contributed by atoms with E-state index in [1.807, 2.05) is 30.3 Å². The highest BCUT2D eigenvalue weighted by Crippen LogP contribution is 2.54. The van der Waals surface area contributed by atoms with E-state index in [0.717, 1.165) is 22.3 Å². The first-order chi connectivity index (χ1) is 9.58. The Balaban J connectivity index is 2.15. The summed E-state index contributed by atoms with van der Waals surface area (Å²) in [5.41, 5.74) is 3.90. The summed E-state index contributed by atoms with van der Waals surface area (Å²) in [7, 11) is 0. The van der Waals surface area contributed by atoms with E-state index in [2.05, 4.69) is 0 Å². The van der Waals surface area contributed by atoms with E-state index in [9.17, 15) is 9.59 Å². The number of fused-ring (bicyclic) bond motifs is 4. The maximum atomic E-state index is 11.3. The summed E-state index contributed by atoms with van der Waals surface area (Å²) in [5.74, 6) is -0.327. The van der Waals surface area contributed by atoms with Crippen molar-refractivity contribution in [3.05, 3.63) is 36.4 Å². The quantitative estimate of drug-likeness (QED) is 0.529. The average Bonchev–Trinajstić information content (AvgIpc) is 2.36. The first-order valence-electron chi connectivity index (χ1n) is 6.21. The summed E-state index contributed by atoms with van der Waals surface area (Å²) in [4.78, 5) is 22.4. The predicted octanol–water partition coefficient (Wildman–Crippen LogP) is 3.18. The lowest BCUT2D eigenvalue weighted by Crippen LogP contribution is -2.11. The number of hydrogen-bond acceptors (Lipinski definition) is 4. The lowest BCUT2D eigenvalue weighted by Gasteiger charge is -2.26. The van der Waals surface area contributed by atoms with Gasteiger partial charge in [-0.15, -0.1) is 0 Å². The second-order valence-corrected chi connectivity index (χ2v) is 4.55. The molecule has 2 aromatic carbocycles.